The Labute approximate surface area is 211 Å². The van der Waals surface area contributed by atoms with Gasteiger partial charge in [0.05, 0.1) is 5.56 Å². The van der Waals surface area contributed by atoms with E-state index in [1.165, 1.54) is 63.1 Å². The number of halogens is 3. The predicted molar refractivity (Wildman–Crippen MR) is 134 cm³/mol. The van der Waals surface area contributed by atoms with Crippen LogP contribution in [-0.2, 0) is 25.7 Å². The van der Waals surface area contributed by atoms with Crippen molar-refractivity contribution in [1.82, 2.24) is 10.1 Å². The van der Waals surface area contributed by atoms with Crippen LogP contribution in [0.1, 0.15) is 87.2 Å². The highest BCUT2D eigenvalue weighted by Crippen LogP contribution is 2.31. The zero-order valence-corrected chi connectivity index (χ0v) is 20.9. The lowest BCUT2D eigenvalue weighted by molar-refractivity contribution is -0.877. The molecule has 36 heavy (non-hydrogen) atoms. The molecule has 0 fully saturated rings. The summed E-state index contributed by atoms with van der Waals surface area (Å²) in [6.07, 6.45) is 7.50. The number of aryl methyl sites for hydroxylation is 1. The van der Waals surface area contributed by atoms with Crippen LogP contribution in [0.2, 0.25) is 0 Å². The summed E-state index contributed by atoms with van der Waals surface area (Å²) in [6, 6.07) is 12.4. The van der Waals surface area contributed by atoms with Crippen LogP contribution in [0.15, 0.2) is 53.1 Å². The normalized spacial score (nSPS) is 12.7. The molecular weight excluding hydrogens is 467 g/mol. The third-order valence-electron chi connectivity index (χ3n) is 6.26. The summed E-state index contributed by atoms with van der Waals surface area (Å²) in [5, 5.41) is 16.3. The number of quaternary nitrogens is 1. The minimum atomic E-state index is -4.49. The molecule has 0 saturated heterocycles. The summed E-state index contributed by atoms with van der Waals surface area (Å²) in [5.74, 6) is 1.05. The number of hydroxylamine groups is 2. The van der Waals surface area contributed by atoms with Gasteiger partial charge in [0.25, 0.3) is 5.89 Å². The van der Waals surface area contributed by atoms with E-state index < -0.39 is 11.7 Å². The maximum Gasteiger partial charge on any atom is 0.416 e. The number of aromatic nitrogens is 2. The molecule has 5 nitrogen and oxygen atoms in total. The van der Waals surface area contributed by atoms with Crippen molar-refractivity contribution in [3.05, 3.63) is 76.3 Å². The van der Waals surface area contributed by atoms with Crippen LogP contribution in [0.4, 0.5) is 13.2 Å². The van der Waals surface area contributed by atoms with Crippen molar-refractivity contribution < 1.29 is 22.8 Å². The summed E-state index contributed by atoms with van der Waals surface area (Å²) in [5.41, 5.74) is 0.615. The second-order valence-corrected chi connectivity index (χ2v) is 9.34. The number of unbranched alkanes of at least 4 members (excludes halogenated alkanes) is 8. The molecule has 196 valence electrons. The van der Waals surface area contributed by atoms with E-state index in [-0.39, 0.29) is 23.7 Å². The number of benzene rings is 2. The second kappa shape index (κ2) is 14.1. The van der Waals surface area contributed by atoms with Crippen LogP contribution in [0, 0.1) is 5.21 Å². The first-order chi connectivity index (χ1) is 17.4. The van der Waals surface area contributed by atoms with Gasteiger partial charge < -0.3 is 14.8 Å². The zero-order valence-electron chi connectivity index (χ0n) is 20.9. The van der Waals surface area contributed by atoms with E-state index in [0.717, 1.165) is 25.3 Å². The van der Waals surface area contributed by atoms with E-state index in [0.29, 0.717) is 22.8 Å². The molecule has 1 N–H and O–H groups in total. The fourth-order valence-electron chi connectivity index (χ4n) is 4.33. The van der Waals surface area contributed by atoms with E-state index in [4.69, 9.17) is 4.52 Å². The standard InChI is InChI=1S/C28H36F3N3O2/c1-2-3-4-5-6-7-8-9-10-18-26-32-27(36-33-26)23-16-13-14-22(19-23)20-34(35)21-24-15-11-12-17-25(24)28(29,30)31/h11-17,19,34H,2-10,18,20-21H2,1H3. The third kappa shape index (κ3) is 9.06. The Bertz CT molecular complexity index is 1050. The van der Waals surface area contributed by atoms with Crippen molar-refractivity contribution in [2.75, 3.05) is 0 Å². The summed E-state index contributed by atoms with van der Waals surface area (Å²) in [4.78, 5) is 4.49. The average molecular weight is 504 g/mol. The molecule has 8 heteroatoms. The van der Waals surface area contributed by atoms with Crippen molar-refractivity contribution in [3.8, 4) is 11.5 Å². The first kappa shape index (κ1) is 27.9. The summed E-state index contributed by atoms with van der Waals surface area (Å²) in [6.45, 7) is 1.98. The lowest BCUT2D eigenvalue weighted by atomic mass is 10.1. The topological polar surface area (TPSA) is 66.4 Å². The van der Waals surface area contributed by atoms with Gasteiger partial charge >= 0.3 is 6.18 Å². The van der Waals surface area contributed by atoms with Gasteiger partial charge in [0.2, 0.25) is 0 Å². The van der Waals surface area contributed by atoms with Gasteiger partial charge in [0, 0.05) is 23.1 Å². The molecule has 1 unspecified atom stereocenters. The summed E-state index contributed by atoms with van der Waals surface area (Å²) < 4.78 is 45.1. The van der Waals surface area contributed by atoms with Crippen LogP contribution < -0.4 is 5.06 Å². The molecule has 1 aromatic heterocycles. The van der Waals surface area contributed by atoms with Crippen LogP contribution in [0.25, 0.3) is 11.5 Å². The molecule has 1 atom stereocenters. The van der Waals surface area contributed by atoms with E-state index in [9.17, 15) is 18.4 Å². The number of hydrogen-bond acceptors (Lipinski definition) is 4. The van der Waals surface area contributed by atoms with E-state index in [2.05, 4.69) is 17.1 Å². The van der Waals surface area contributed by atoms with E-state index in [1.807, 2.05) is 6.07 Å². The van der Waals surface area contributed by atoms with Crippen LogP contribution >= 0.6 is 0 Å². The lowest BCUT2D eigenvalue weighted by Gasteiger charge is -2.24. The Kier molecular flexibility index (Phi) is 10.9. The molecule has 2 aromatic carbocycles. The molecule has 0 saturated carbocycles. The largest absolute Gasteiger partial charge is 0.634 e. The van der Waals surface area contributed by atoms with Crippen molar-refractivity contribution in [1.29, 1.82) is 0 Å². The Morgan fingerprint density at radius 1 is 0.861 bits per heavy atom. The first-order valence-corrected chi connectivity index (χ1v) is 13.0. The molecule has 3 rings (SSSR count). The maximum atomic E-state index is 13.2. The maximum absolute atomic E-state index is 13.2. The van der Waals surface area contributed by atoms with Crippen LogP contribution in [0.3, 0.4) is 0 Å². The number of alkyl halides is 3. The average Bonchev–Trinajstić information content (AvgIpc) is 3.32. The van der Waals surface area contributed by atoms with Gasteiger partial charge in [-0.25, -0.2) is 0 Å². The quantitative estimate of drug-likeness (QED) is 0.181. The Morgan fingerprint density at radius 3 is 2.28 bits per heavy atom. The molecule has 0 aliphatic carbocycles. The van der Waals surface area contributed by atoms with Gasteiger partial charge in [0.15, 0.2) is 5.82 Å². The molecule has 0 bridgehead atoms. The fraction of sp³-hybridized carbons (Fsp3) is 0.500. The van der Waals surface area contributed by atoms with Gasteiger partial charge in [-0.15, -0.1) is 0 Å². The van der Waals surface area contributed by atoms with Crippen LogP contribution in [0.5, 0.6) is 0 Å². The van der Waals surface area contributed by atoms with E-state index >= 15 is 0 Å². The van der Waals surface area contributed by atoms with Gasteiger partial charge in [-0.1, -0.05) is 93.8 Å². The highest BCUT2D eigenvalue weighted by molar-refractivity contribution is 5.53. The molecule has 0 aliphatic rings. The van der Waals surface area contributed by atoms with Crippen molar-refractivity contribution >= 4 is 0 Å². The molecule has 1 heterocycles. The van der Waals surface area contributed by atoms with Crippen molar-refractivity contribution in [2.24, 2.45) is 0 Å². The molecule has 0 amide bonds. The second-order valence-electron chi connectivity index (χ2n) is 9.34. The minimum absolute atomic E-state index is 0.0100. The van der Waals surface area contributed by atoms with Gasteiger partial charge in [0.1, 0.15) is 13.1 Å². The van der Waals surface area contributed by atoms with Gasteiger partial charge in [-0.2, -0.15) is 18.2 Å². The van der Waals surface area contributed by atoms with E-state index in [1.54, 1.807) is 18.2 Å². The SMILES string of the molecule is CCCCCCCCCCCc1noc(-c2cccc(C[NH+]([O-])Cc3ccccc3C(F)(F)F)c2)n1. The van der Waals surface area contributed by atoms with Crippen molar-refractivity contribution in [2.45, 2.75) is 90.4 Å². The molecule has 0 spiro atoms. The molecular formula is C28H36F3N3O2. The monoisotopic (exact) mass is 503 g/mol. The third-order valence-corrected chi connectivity index (χ3v) is 6.26. The Balaban J connectivity index is 1.48. The summed E-state index contributed by atoms with van der Waals surface area (Å²) in [7, 11) is 0. The number of nitrogens with zero attached hydrogens (tertiary/aromatic N) is 2. The van der Waals surface area contributed by atoms with Crippen LogP contribution in [-0.4, -0.2) is 10.1 Å². The Hall–Kier alpha value is -2.71. The fourth-order valence-corrected chi connectivity index (χ4v) is 4.33. The van der Waals surface area contributed by atoms with Crippen molar-refractivity contribution in [3.63, 3.8) is 0 Å². The highest BCUT2D eigenvalue weighted by Gasteiger charge is 2.33. The summed E-state index contributed by atoms with van der Waals surface area (Å²) >= 11 is 0. The smallest absolute Gasteiger partial charge is 0.416 e. The van der Waals surface area contributed by atoms with Gasteiger partial charge in [-0.05, 0) is 24.6 Å². The number of nitrogens with one attached hydrogen (secondary N) is 1. The molecule has 0 aliphatic heterocycles. The predicted octanol–water partition coefficient (Wildman–Crippen LogP) is 6.91. The zero-order chi connectivity index (χ0) is 25.8. The number of rotatable bonds is 15. The molecule has 3 aromatic rings. The van der Waals surface area contributed by atoms with Gasteiger partial charge in [-0.3, -0.25) is 0 Å². The molecule has 0 radical (unpaired) electrons. The lowest BCUT2D eigenvalue weighted by Crippen LogP contribution is -3.04. The number of hydrogen-bond donors (Lipinski definition) is 1. The minimum Gasteiger partial charge on any atom is -0.634 e. The Morgan fingerprint density at radius 2 is 1.56 bits per heavy atom. The highest BCUT2D eigenvalue weighted by atomic mass is 19.4. The first-order valence-electron chi connectivity index (χ1n) is 13.0.